The van der Waals surface area contributed by atoms with Gasteiger partial charge < -0.3 is 24.8 Å². The van der Waals surface area contributed by atoms with Crippen molar-refractivity contribution in [2.45, 2.75) is 19.8 Å². The number of Topliss-reactive ketones (excluding diaryl/α,β-unsaturated/α-hetero) is 1. The molecule has 0 unspecified atom stereocenters. The molecule has 0 aromatic heterocycles. The molecule has 6 heteroatoms. The second kappa shape index (κ2) is 9.87. The van der Waals surface area contributed by atoms with Crippen LogP contribution in [0.2, 0.25) is 0 Å². The molecule has 0 saturated carbocycles. The van der Waals surface area contributed by atoms with Crippen LogP contribution in [0.5, 0.6) is 17.2 Å². The Kier molecular flexibility index (Phi) is 7.53. The second-order valence-electron chi connectivity index (χ2n) is 6.88. The summed E-state index contributed by atoms with van der Waals surface area (Å²) in [6.45, 7) is 2.04. The third kappa shape index (κ3) is 5.02. The van der Waals surface area contributed by atoms with Crippen LogP contribution in [0, 0.1) is 0 Å². The summed E-state index contributed by atoms with van der Waals surface area (Å²) in [5.41, 5.74) is 9.65. The molecule has 0 aliphatic rings. The number of hydrogen-bond donors (Lipinski definition) is 1. The van der Waals surface area contributed by atoms with E-state index in [9.17, 15) is 4.79 Å². The Labute approximate surface area is 172 Å². The molecule has 6 nitrogen and oxygen atoms in total. The number of nitrogen functional groups attached to an aromatic ring is 1. The van der Waals surface area contributed by atoms with Crippen LogP contribution in [-0.4, -0.2) is 41.2 Å². The maximum absolute atomic E-state index is 13.2. The van der Waals surface area contributed by atoms with Gasteiger partial charge in [-0.25, -0.2) is 0 Å². The summed E-state index contributed by atoms with van der Waals surface area (Å²) >= 11 is 0. The standard InChI is InChI=1S/C23H30N2O4/c1-7-8-16(22(26)17-9-10-19(25(2)3)18(24)14-17)11-15-12-20(27-4)23(29-6)21(13-15)28-5/h9-14H,7-8,24H2,1-6H3. The van der Waals surface area contributed by atoms with E-state index < -0.39 is 0 Å². The van der Waals surface area contributed by atoms with E-state index in [0.717, 1.165) is 17.7 Å². The van der Waals surface area contributed by atoms with Crippen molar-refractivity contribution >= 4 is 23.2 Å². The summed E-state index contributed by atoms with van der Waals surface area (Å²) in [5.74, 6) is 1.56. The van der Waals surface area contributed by atoms with Crippen LogP contribution in [0.4, 0.5) is 11.4 Å². The van der Waals surface area contributed by atoms with E-state index in [1.54, 1.807) is 27.4 Å². The van der Waals surface area contributed by atoms with Gasteiger partial charge in [-0.2, -0.15) is 0 Å². The smallest absolute Gasteiger partial charge is 0.203 e. The third-order valence-electron chi connectivity index (χ3n) is 4.61. The largest absolute Gasteiger partial charge is 0.493 e. The minimum atomic E-state index is -0.0439. The zero-order chi connectivity index (χ0) is 21.6. The van der Waals surface area contributed by atoms with Gasteiger partial charge >= 0.3 is 0 Å². The Morgan fingerprint density at radius 3 is 2.10 bits per heavy atom. The predicted octanol–water partition coefficient (Wildman–Crippen LogP) is 4.43. The number of ketones is 1. The van der Waals surface area contributed by atoms with Gasteiger partial charge in [-0.3, -0.25) is 4.79 Å². The van der Waals surface area contributed by atoms with E-state index in [1.165, 1.54) is 0 Å². The molecule has 2 N–H and O–H groups in total. The number of hydrogen-bond acceptors (Lipinski definition) is 6. The van der Waals surface area contributed by atoms with Gasteiger partial charge in [0, 0.05) is 25.2 Å². The average molecular weight is 399 g/mol. The van der Waals surface area contributed by atoms with Gasteiger partial charge in [-0.15, -0.1) is 0 Å². The summed E-state index contributed by atoms with van der Waals surface area (Å²) in [6, 6.07) is 9.07. The number of nitrogens with two attached hydrogens (primary N) is 1. The Morgan fingerprint density at radius 2 is 1.66 bits per heavy atom. The van der Waals surface area contributed by atoms with Crippen molar-refractivity contribution in [3.63, 3.8) is 0 Å². The topological polar surface area (TPSA) is 74.0 Å². The van der Waals surface area contributed by atoms with Crippen molar-refractivity contribution in [3.8, 4) is 17.2 Å². The van der Waals surface area contributed by atoms with Crippen molar-refractivity contribution in [3.05, 3.63) is 47.0 Å². The number of carbonyl (C=O) groups excluding carboxylic acids is 1. The molecule has 2 rings (SSSR count). The first-order valence-electron chi connectivity index (χ1n) is 9.48. The second-order valence-corrected chi connectivity index (χ2v) is 6.88. The van der Waals surface area contributed by atoms with E-state index in [2.05, 4.69) is 0 Å². The fourth-order valence-corrected chi connectivity index (χ4v) is 3.19. The number of methoxy groups -OCH3 is 3. The lowest BCUT2D eigenvalue weighted by atomic mass is 9.96. The molecule has 0 fully saturated rings. The fourth-order valence-electron chi connectivity index (χ4n) is 3.19. The van der Waals surface area contributed by atoms with E-state index >= 15 is 0 Å². The quantitative estimate of drug-likeness (QED) is 0.383. The van der Waals surface area contributed by atoms with Crippen LogP contribution in [0.15, 0.2) is 35.9 Å². The minimum Gasteiger partial charge on any atom is -0.493 e. The first-order valence-corrected chi connectivity index (χ1v) is 9.48. The van der Waals surface area contributed by atoms with Crippen LogP contribution in [0.1, 0.15) is 35.7 Å². The van der Waals surface area contributed by atoms with Crippen LogP contribution in [0.25, 0.3) is 6.08 Å². The lowest BCUT2D eigenvalue weighted by Gasteiger charge is -2.16. The number of anilines is 2. The zero-order valence-corrected chi connectivity index (χ0v) is 18.0. The first-order chi connectivity index (χ1) is 13.9. The summed E-state index contributed by atoms with van der Waals surface area (Å²) in [5, 5.41) is 0. The van der Waals surface area contributed by atoms with Gasteiger partial charge in [0.05, 0.1) is 32.7 Å². The first kappa shape index (κ1) is 22.1. The van der Waals surface area contributed by atoms with Gasteiger partial charge in [-0.05, 0) is 48.4 Å². The lowest BCUT2D eigenvalue weighted by Crippen LogP contribution is -2.12. The molecule has 2 aromatic carbocycles. The maximum Gasteiger partial charge on any atom is 0.203 e. The van der Waals surface area contributed by atoms with Gasteiger partial charge in [-0.1, -0.05) is 13.3 Å². The lowest BCUT2D eigenvalue weighted by molar-refractivity contribution is 0.103. The SMILES string of the molecule is CCCC(=Cc1cc(OC)c(OC)c(OC)c1)C(=O)c1ccc(N(C)C)c(N)c1. The Balaban J connectivity index is 2.49. The van der Waals surface area contributed by atoms with Gasteiger partial charge in [0.1, 0.15) is 0 Å². The summed E-state index contributed by atoms with van der Waals surface area (Å²) in [6.07, 6.45) is 3.35. The molecule has 29 heavy (non-hydrogen) atoms. The van der Waals surface area contributed by atoms with Gasteiger partial charge in [0.25, 0.3) is 0 Å². The highest BCUT2D eigenvalue weighted by Gasteiger charge is 2.16. The Bertz CT molecular complexity index is 879. The summed E-state index contributed by atoms with van der Waals surface area (Å²) < 4.78 is 16.2. The molecule has 0 spiro atoms. The molecule has 2 aromatic rings. The number of nitrogens with zero attached hydrogens (tertiary/aromatic N) is 1. The number of carbonyl (C=O) groups is 1. The molecule has 156 valence electrons. The maximum atomic E-state index is 13.2. The fraction of sp³-hybridized carbons (Fsp3) is 0.348. The van der Waals surface area contributed by atoms with Crippen molar-refractivity contribution in [1.29, 1.82) is 0 Å². The highest BCUT2D eigenvalue weighted by atomic mass is 16.5. The van der Waals surface area contributed by atoms with Crippen molar-refractivity contribution in [2.24, 2.45) is 0 Å². The van der Waals surface area contributed by atoms with Crippen LogP contribution < -0.4 is 24.8 Å². The van der Waals surface area contributed by atoms with E-state index in [4.69, 9.17) is 19.9 Å². The molecule has 0 saturated heterocycles. The van der Waals surface area contributed by atoms with Crippen molar-refractivity contribution in [1.82, 2.24) is 0 Å². The molecule has 0 amide bonds. The molecular formula is C23H30N2O4. The summed E-state index contributed by atoms with van der Waals surface area (Å²) in [4.78, 5) is 15.1. The number of benzene rings is 2. The molecule has 0 heterocycles. The minimum absolute atomic E-state index is 0.0439. The Morgan fingerprint density at radius 1 is 1.03 bits per heavy atom. The van der Waals surface area contributed by atoms with Crippen LogP contribution in [0.3, 0.4) is 0 Å². The highest BCUT2D eigenvalue weighted by molar-refractivity contribution is 6.12. The van der Waals surface area contributed by atoms with Gasteiger partial charge in [0.15, 0.2) is 17.3 Å². The molecule has 0 radical (unpaired) electrons. The van der Waals surface area contributed by atoms with Crippen LogP contribution >= 0.6 is 0 Å². The van der Waals surface area contributed by atoms with Crippen molar-refractivity contribution < 1.29 is 19.0 Å². The highest BCUT2D eigenvalue weighted by Crippen LogP contribution is 2.39. The predicted molar refractivity (Wildman–Crippen MR) is 118 cm³/mol. The Hall–Kier alpha value is -3.15. The zero-order valence-electron chi connectivity index (χ0n) is 18.0. The van der Waals surface area contributed by atoms with E-state index in [-0.39, 0.29) is 5.78 Å². The van der Waals surface area contributed by atoms with Gasteiger partial charge in [0.2, 0.25) is 5.75 Å². The summed E-state index contributed by atoms with van der Waals surface area (Å²) in [7, 11) is 8.53. The van der Waals surface area contributed by atoms with Crippen LogP contribution in [-0.2, 0) is 0 Å². The molecule has 0 atom stereocenters. The monoisotopic (exact) mass is 398 g/mol. The van der Waals surface area contributed by atoms with Crippen molar-refractivity contribution in [2.75, 3.05) is 46.1 Å². The normalized spacial score (nSPS) is 11.2. The molecule has 0 bridgehead atoms. The van der Waals surface area contributed by atoms with E-state index in [1.807, 2.05) is 56.3 Å². The number of allylic oxidation sites excluding steroid dienone is 1. The number of ether oxygens (including phenoxy) is 3. The van der Waals surface area contributed by atoms with E-state index in [0.29, 0.717) is 40.5 Å². The molecule has 0 aliphatic carbocycles. The molecule has 0 aliphatic heterocycles. The third-order valence-corrected chi connectivity index (χ3v) is 4.61. The molecular weight excluding hydrogens is 368 g/mol. The number of rotatable bonds is 9. The average Bonchev–Trinajstić information content (AvgIpc) is 2.71.